The fourth-order valence-corrected chi connectivity index (χ4v) is 3.23. The number of thiophene rings is 1. The van der Waals surface area contributed by atoms with Crippen LogP contribution in [0.25, 0.3) is 0 Å². The number of rotatable bonds is 5. The highest BCUT2D eigenvalue weighted by atomic mass is 32.1. The third-order valence-electron chi connectivity index (χ3n) is 2.50. The zero-order valence-corrected chi connectivity index (χ0v) is 11.3. The molecule has 0 aromatic carbocycles. The molecule has 0 fully saturated rings. The van der Waals surface area contributed by atoms with E-state index in [9.17, 15) is 0 Å². The molecule has 2 aromatic heterocycles. The Hall–Kier alpha value is -0.710. The van der Waals surface area contributed by atoms with E-state index in [1.165, 1.54) is 15.3 Å². The van der Waals surface area contributed by atoms with Gasteiger partial charge in [-0.25, -0.2) is 4.98 Å². The molecule has 4 heteroatoms. The Balaban J connectivity index is 1.74. The summed E-state index contributed by atoms with van der Waals surface area (Å²) in [6, 6.07) is 2.30. The Labute approximate surface area is 104 Å². The van der Waals surface area contributed by atoms with E-state index in [0.29, 0.717) is 0 Å². The second kappa shape index (κ2) is 5.57. The zero-order valence-electron chi connectivity index (χ0n) is 9.62. The normalized spacial score (nSPS) is 10.9. The molecule has 0 atom stereocenters. The van der Waals surface area contributed by atoms with E-state index in [0.717, 1.165) is 25.2 Å². The maximum absolute atomic E-state index is 4.24. The van der Waals surface area contributed by atoms with Crippen molar-refractivity contribution in [2.45, 2.75) is 26.8 Å². The van der Waals surface area contributed by atoms with Crippen LogP contribution in [0.3, 0.4) is 0 Å². The van der Waals surface area contributed by atoms with E-state index in [4.69, 9.17) is 0 Å². The van der Waals surface area contributed by atoms with Gasteiger partial charge in [-0.2, -0.15) is 0 Å². The van der Waals surface area contributed by atoms with Crippen LogP contribution in [0.4, 0.5) is 0 Å². The van der Waals surface area contributed by atoms with Gasteiger partial charge in [0.25, 0.3) is 0 Å². The molecule has 86 valence electrons. The lowest BCUT2D eigenvalue weighted by Gasteiger charge is -2.02. The summed E-state index contributed by atoms with van der Waals surface area (Å²) in [5.41, 5.74) is 4.50. The minimum Gasteiger partial charge on any atom is -0.311 e. The Bertz CT molecular complexity index is 432. The molecule has 1 N–H and O–H groups in total. The number of hydrogen-bond donors (Lipinski definition) is 1. The van der Waals surface area contributed by atoms with Crippen molar-refractivity contribution < 1.29 is 0 Å². The summed E-state index contributed by atoms with van der Waals surface area (Å²) in [5.74, 6) is 0. The fraction of sp³-hybridized carbons (Fsp3) is 0.417. The lowest BCUT2D eigenvalue weighted by Crippen LogP contribution is -2.16. The van der Waals surface area contributed by atoms with Gasteiger partial charge in [0.2, 0.25) is 0 Å². The molecule has 0 amide bonds. The van der Waals surface area contributed by atoms with Crippen molar-refractivity contribution in [3.05, 3.63) is 38.0 Å². The van der Waals surface area contributed by atoms with E-state index in [1.54, 1.807) is 11.3 Å². The molecule has 0 aliphatic rings. The number of aromatic nitrogens is 1. The molecule has 0 spiro atoms. The number of hydrogen-bond acceptors (Lipinski definition) is 4. The number of aryl methyl sites for hydroxylation is 2. The van der Waals surface area contributed by atoms with Crippen molar-refractivity contribution in [3.63, 3.8) is 0 Å². The first-order chi connectivity index (χ1) is 7.75. The summed E-state index contributed by atoms with van der Waals surface area (Å²) in [5, 5.41) is 5.51. The molecule has 2 rings (SSSR count). The minimum atomic E-state index is 0.881. The van der Waals surface area contributed by atoms with Gasteiger partial charge < -0.3 is 5.32 Å². The highest BCUT2D eigenvalue weighted by Gasteiger charge is 2.02. The monoisotopic (exact) mass is 252 g/mol. The first-order valence-electron chi connectivity index (χ1n) is 5.39. The summed E-state index contributed by atoms with van der Waals surface area (Å²) >= 11 is 3.54. The lowest BCUT2D eigenvalue weighted by atomic mass is 10.2. The Morgan fingerprint density at radius 1 is 1.38 bits per heavy atom. The van der Waals surface area contributed by atoms with Gasteiger partial charge in [0.1, 0.15) is 0 Å². The van der Waals surface area contributed by atoms with E-state index in [2.05, 4.69) is 35.6 Å². The molecule has 2 heterocycles. The van der Waals surface area contributed by atoms with Crippen molar-refractivity contribution in [1.82, 2.24) is 10.3 Å². The largest absolute Gasteiger partial charge is 0.311 e. The van der Waals surface area contributed by atoms with Crippen LogP contribution in [-0.4, -0.2) is 11.5 Å². The van der Waals surface area contributed by atoms with Crippen molar-refractivity contribution in [3.8, 4) is 0 Å². The Kier molecular flexibility index (Phi) is 4.09. The van der Waals surface area contributed by atoms with Gasteiger partial charge in [-0.3, -0.25) is 0 Å². The molecular formula is C12H16N2S2. The highest BCUT2D eigenvalue weighted by molar-refractivity contribution is 7.12. The van der Waals surface area contributed by atoms with E-state index in [-0.39, 0.29) is 0 Å². The fourth-order valence-electron chi connectivity index (χ4n) is 1.70. The third-order valence-corrected chi connectivity index (χ3v) is 4.15. The van der Waals surface area contributed by atoms with E-state index in [1.807, 2.05) is 16.8 Å². The predicted molar refractivity (Wildman–Crippen MR) is 71.3 cm³/mol. The second-order valence-corrected chi connectivity index (χ2v) is 6.02. The van der Waals surface area contributed by atoms with Crippen LogP contribution in [0.2, 0.25) is 0 Å². The van der Waals surface area contributed by atoms with Gasteiger partial charge in [-0.05, 0) is 38.4 Å². The summed E-state index contributed by atoms with van der Waals surface area (Å²) in [6.07, 6.45) is 1.11. The first kappa shape index (κ1) is 11.8. The van der Waals surface area contributed by atoms with Crippen molar-refractivity contribution in [2.75, 3.05) is 6.54 Å². The molecule has 0 saturated carbocycles. The summed E-state index contributed by atoms with van der Waals surface area (Å²) in [4.78, 5) is 7.10. The molecule has 0 bridgehead atoms. The quantitative estimate of drug-likeness (QED) is 0.827. The van der Waals surface area contributed by atoms with Gasteiger partial charge in [0.05, 0.1) is 11.2 Å². The molecular weight excluding hydrogens is 236 g/mol. The topological polar surface area (TPSA) is 24.9 Å². The van der Waals surface area contributed by atoms with Crippen molar-refractivity contribution in [2.24, 2.45) is 0 Å². The minimum absolute atomic E-state index is 0.881. The Morgan fingerprint density at radius 2 is 2.25 bits per heavy atom. The van der Waals surface area contributed by atoms with Gasteiger partial charge in [0, 0.05) is 21.7 Å². The highest BCUT2D eigenvalue weighted by Crippen LogP contribution is 2.20. The van der Waals surface area contributed by atoms with Crippen LogP contribution in [0.5, 0.6) is 0 Å². The number of thiazole rings is 1. The molecule has 0 radical (unpaired) electrons. The van der Waals surface area contributed by atoms with Gasteiger partial charge in [-0.1, -0.05) is 0 Å². The summed E-state index contributed by atoms with van der Waals surface area (Å²) < 4.78 is 0. The van der Waals surface area contributed by atoms with E-state index >= 15 is 0 Å². The van der Waals surface area contributed by atoms with Crippen LogP contribution in [-0.2, 0) is 13.0 Å². The second-order valence-electron chi connectivity index (χ2n) is 3.85. The average Bonchev–Trinajstić information content (AvgIpc) is 2.84. The van der Waals surface area contributed by atoms with Crippen LogP contribution in [0, 0.1) is 13.8 Å². The number of nitrogens with zero attached hydrogens (tertiary/aromatic N) is 1. The molecule has 16 heavy (non-hydrogen) atoms. The number of nitrogens with one attached hydrogen (secondary N) is 1. The van der Waals surface area contributed by atoms with Crippen molar-refractivity contribution >= 4 is 22.7 Å². The zero-order chi connectivity index (χ0) is 11.4. The van der Waals surface area contributed by atoms with Gasteiger partial charge in [0.15, 0.2) is 0 Å². The smallest absolute Gasteiger partial charge is 0.0795 e. The van der Waals surface area contributed by atoms with E-state index < -0.39 is 0 Å². The summed E-state index contributed by atoms with van der Waals surface area (Å²) in [7, 11) is 0. The average molecular weight is 252 g/mol. The van der Waals surface area contributed by atoms with Crippen LogP contribution < -0.4 is 5.32 Å². The maximum Gasteiger partial charge on any atom is 0.0795 e. The molecule has 0 unspecified atom stereocenters. The SMILES string of the molecule is Cc1cc(CCNCc2cscn2)c(C)s1. The van der Waals surface area contributed by atoms with Crippen molar-refractivity contribution in [1.29, 1.82) is 0 Å². The third kappa shape index (κ3) is 3.14. The van der Waals surface area contributed by atoms with Crippen LogP contribution in [0.1, 0.15) is 21.0 Å². The Morgan fingerprint density at radius 3 is 2.88 bits per heavy atom. The molecule has 0 saturated heterocycles. The first-order valence-corrected chi connectivity index (χ1v) is 7.15. The van der Waals surface area contributed by atoms with Crippen LogP contribution in [0.15, 0.2) is 17.0 Å². The van der Waals surface area contributed by atoms with Gasteiger partial charge in [-0.15, -0.1) is 22.7 Å². The molecule has 0 aliphatic carbocycles. The molecule has 0 aliphatic heterocycles. The van der Waals surface area contributed by atoms with Gasteiger partial charge >= 0.3 is 0 Å². The lowest BCUT2D eigenvalue weighted by molar-refractivity contribution is 0.677. The van der Waals surface area contributed by atoms with Crippen LogP contribution >= 0.6 is 22.7 Å². The standard InChI is InChI=1S/C12H16N2S2/c1-9-5-11(10(2)16-9)3-4-13-6-12-7-15-8-14-12/h5,7-8,13H,3-4,6H2,1-2H3. The molecule has 2 aromatic rings. The maximum atomic E-state index is 4.24. The molecule has 2 nitrogen and oxygen atoms in total. The predicted octanol–water partition coefficient (Wildman–Crippen LogP) is 3.15. The summed E-state index contributed by atoms with van der Waals surface area (Å²) in [6.45, 7) is 6.28.